The minimum Gasteiger partial charge on any atom is -0.399 e. The van der Waals surface area contributed by atoms with Crippen molar-refractivity contribution < 1.29 is 0 Å². The summed E-state index contributed by atoms with van der Waals surface area (Å²) in [6.07, 6.45) is 12.2. The highest BCUT2D eigenvalue weighted by atomic mass is 14.7. The molecule has 0 saturated heterocycles. The van der Waals surface area contributed by atoms with Crippen LogP contribution in [-0.2, 0) is 0 Å². The zero-order chi connectivity index (χ0) is 21.1. The topological polar surface area (TPSA) is 97.4 Å². The Morgan fingerprint density at radius 1 is 0.897 bits per heavy atom. The van der Waals surface area contributed by atoms with Crippen LogP contribution >= 0.6 is 0 Å². The van der Waals surface area contributed by atoms with Gasteiger partial charge in [-0.1, -0.05) is 94.7 Å². The van der Waals surface area contributed by atoms with Crippen molar-refractivity contribution in [1.82, 2.24) is 0 Å². The Balaban J connectivity index is 2.17. The molecule has 1 aliphatic carbocycles. The monoisotopic (exact) mass is 386 g/mol. The van der Waals surface area contributed by atoms with Crippen molar-refractivity contribution in [2.75, 3.05) is 0 Å². The van der Waals surface area contributed by atoms with Crippen LogP contribution < -0.4 is 5.73 Å². The van der Waals surface area contributed by atoms with Crippen LogP contribution in [0.5, 0.6) is 0 Å². The molecule has 4 nitrogen and oxygen atoms in total. The number of rotatable bonds is 10. The van der Waals surface area contributed by atoms with Crippen molar-refractivity contribution >= 4 is 5.57 Å². The summed E-state index contributed by atoms with van der Waals surface area (Å²) in [5, 5.41) is 29.4. The summed E-state index contributed by atoms with van der Waals surface area (Å²) in [6, 6.07) is 16.0. The maximum absolute atomic E-state index is 9.85. The molecule has 0 aliphatic heterocycles. The molecular formula is C25H30N4. The lowest BCUT2D eigenvalue weighted by atomic mass is 9.66. The minimum absolute atomic E-state index is 0.0934. The lowest BCUT2D eigenvalue weighted by Crippen LogP contribution is -2.36. The van der Waals surface area contributed by atoms with Gasteiger partial charge in [-0.05, 0) is 17.6 Å². The Morgan fingerprint density at radius 3 is 2.03 bits per heavy atom. The highest BCUT2D eigenvalue weighted by molar-refractivity contribution is 5.86. The Bertz CT molecular complexity index is 845. The normalized spacial score (nSPS) is 17.7. The third kappa shape index (κ3) is 5.07. The predicted molar refractivity (Wildman–Crippen MR) is 116 cm³/mol. The largest absolute Gasteiger partial charge is 0.399 e. The van der Waals surface area contributed by atoms with Gasteiger partial charge in [0.1, 0.15) is 6.07 Å². The van der Waals surface area contributed by atoms with Gasteiger partial charge < -0.3 is 5.73 Å². The van der Waals surface area contributed by atoms with Gasteiger partial charge in [0.25, 0.3) is 0 Å². The standard InChI is InChI=1S/C25H30N4/c1-2-3-4-5-6-7-8-12-15-21-16-22(20-13-10-9-11-14-20)23(17-26)24(29)25(21,18-27)19-28/h9-11,13-14,16,21H,2-8,12,15,29H2,1H3. The molecule has 1 aromatic rings. The van der Waals surface area contributed by atoms with E-state index < -0.39 is 5.41 Å². The van der Waals surface area contributed by atoms with Crippen LogP contribution in [0.1, 0.15) is 70.3 Å². The van der Waals surface area contributed by atoms with E-state index in [1.165, 1.54) is 38.5 Å². The van der Waals surface area contributed by atoms with Gasteiger partial charge in [0, 0.05) is 5.92 Å². The van der Waals surface area contributed by atoms with Crippen LogP contribution in [0.4, 0.5) is 0 Å². The molecule has 0 aromatic heterocycles. The summed E-state index contributed by atoms with van der Waals surface area (Å²) in [5.41, 5.74) is 6.76. The molecule has 0 heterocycles. The zero-order valence-electron chi connectivity index (χ0n) is 17.3. The Morgan fingerprint density at radius 2 is 1.48 bits per heavy atom. The van der Waals surface area contributed by atoms with E-state index in [1.54, 1.807) is 0 Å². The van der Waals surface area contributed by atoms with Crippen LogP contribution in [-0.4, -0.2) is 0 Å². The highest BCUT2D eigenvalue weighted by Crippen LogP contribution is 2.46. The first-order chi connectivity index (χ1) is 14.1. The fourth-order valence-electron chi connectivity index (χ4n) is 4.04. The number of unbranched alkanes of at least 4 members (excludes halogenated alkanes) is 7. The van der Waals surface area contributed by atoms with Crippen molar-refractivity contribution in [3.63, 3.8) is 0 Å². The third-order valence-corrected chi connectivity index (χ3v) is 5.81. The van der Waals surface area contributed by atoms with Gasteiger partial charge >= 0.3 is 0 Å². The van der Waals surface area contributed by atoms with Crippen molar-refractivity contribution in [1.29, 1.82) is 15.8 Å². The van der Waals surface area contributed by atoms with Crippen molar-refractivity contribution in [2.45, 2.75) is 64.7 Å². The van der Waals surface area contributed by atoms with E-state index in [-0.39, 0.29) is 17.2 Å². The first-order valence-corrected chi connectivity index (χ1v) is 10.6. The second kappa shape index (κ2) is 11.1. The molecule has 0 radical (unpaired) electrons. The molecule has 0 spiro atoms. The van der Waals surface area contributed by atoms with Gasteiger partial charge in [-0.3, -0.25) is 0 Å². The number of nitrogens with zero attached hydrogens (tertiary/aromatic N) is 3. The molecule has 1 aliphatic rings. The minimum atomic E-state index is -1.47. The maximum atomic E-state index is 9.85. The first-order valence-electron chi connectivity index (χ1n) is 10.6. The van der Waals surface area contributed by atoms with Crippen LogP contribution in [0.2, 0.25) is 0 Å². The summed E-state index contributed by atoms with van der Waals surface area (Å²) >= 11 is 0. The van der Waals surface area contributed by atoms with Crippen molar-refractivity contribution in [2.24, 2.45) is 17.1 Å². The summed E-state index contributed by atoms with van der Waals surface area (Å²) in [4.78, 5) is 0. The average molecular weight is 387 g/mol. The Labute approximate surface area is 174 Å². The molecule has 1 aromatic carbocycles. The average Bonchev–Trinajstić information content (AvgIpc) is 2.76. The van der Waals surface area contributed by atoms with E-state index >= 15 is 0 Å². The smallest absolute Gasteiger partial charge is 0.190 e. The molecule has 1 atom stereocenters. The van der Waals surface area contributed by atoms with Gasteiger partial charge in [-0.15, -0.1) is 0 Å². The number of benzene rings is 1. The predicted octanol–water partition coefficient (Wildman–Crippen LogP) is 6.00. The second-order valence-electron chi connectivity index (χ2n) is 7.75. The van der Waals surface area contributed by atoms with Gasteiger partial charge in [0.05, 0.1) is 23.4 Å². The summed E-state index contributed by atoms with van der Waals surface area (Å²) in [7, 11) is 0. The number of hydrogen-bond acceptors (Lipinski definition) is 4. The third-order valence-electron chi connectivity index (χ3n) is 5.81. The van der Waals surface area contributed by atoms with E-state index in [1.807, 2.05) is 36.4 Å². The fraction of sp³-hybridized carbons (Fsp3) is 0.480. The SMILES string of the molecule is CCCCCCCCCCC1C=C(c2ccccc2)C(C#N)=C(N)C1(C#N)C#N. The summed E-state index contributed by atoms with van der Waals surface area (Å²) in [6.45, 7) is 2.22. The van der Waals surface area contributed by atoms with Crippen LogP contribution in [0.15, 0.2) is 47.7 Å². The van der Waals surface area contributed by atoms with E-state index in [0.717, 1.165) is 24.0 Å². The van der Waals surface area contributed by atoms with Gasteiger partial charge in [0.2, 0.25) is 0 Å². The molecule has 150 valence electrons. The molecule has 1 unspecified atom stereocenters. The lowest BCUT2D eigenvalue weighted by molar-refractivity contribution is 0.387. The first kappa shape index (κ1) is 22.3. The van der Waals surface area contributed by atoms with E-state index in [0.29, 0.717) is 6.42 Å². The molecule has 0 saturated carbocycles. The van der Waals surface area contributed by atoms with Gasteiger partial charge in [0.15, 0.2) is 5.41 Å². The maximum Gasteiger partial charge on any atom is 0.190 e. The number of hydrogen-bond donors (Lipinski definition) is 1. The van der Waals surface area contributed by atoms with Gasteiger partial charge in [-0.2, -0.15) is 15.8 Å². The van der Waals surface area contributed by atoms with Gasteiger partial charge in [-0.25, -0.2) is 0 Å². The number of allylic oxidation sites excluding steroid dienone is 4. The molecule has 0 fully saturated rings. The Hall–Kier alpha value is -3.03. The quantitative estimate of drug-likeness (QED) is 0.498. The van der Waals surface area contributed by atoms with Crippen LogP contribution in [0, 0.1) is 45.3 Å². The molecule has 2 rings (SSSR count). The van der Waals surface area contributed by atoms with E-state index in [4.69, 9.17) is 5.73 Å². The molecule has 4 heteroatoms. The molecular weight excluding hydrogens is 356 g/mol. The molecule has 29 heavy (non-hydrogen) atoms. The second-order valence-corrected chi connectivity index (χ2v) is 7.75. The number of nitriles is 3. The summed E-state index contributed by atoms with van der Waals surface area (Å²) < 4.78 is 0. The molecule has 0 bridgehead atoms. The van der Waals surface area contributed by atoms with E-state index in [2.05, 4.69) is 25.1 Å². The zero-order valence-corrected chi connectivity index (χ0v) is 17.3. The molecule has 2 N–H and O–H groups in total. The summed E-state index contributed by atoms with van der Waals surface area (Å²) in [5.74, 6) is -0.315. The van der Waals surface area contributed by atoms with Crippen molar-refractivity contribution in [3.8, 4) is 18.2 Å². The van der Waals surface area contributed by atoms with Crippen LogP contribution in [0.3, 0.4) is 0 Å². The van der Waals surface area contributed by atoms with Crippen molar-refractivity contribution in [3.05, 3.63) is 53.2 Å². The fourth-order valence-corrected chi connectivity index (χ4v) is 4.04. The molecule has 0 amide bonds. The van der Waals surface area contributed by atoms with Crippen LogP contribution in [0.25, 0.3) is 5.57 Å². The Kier molecular flexibility index (Phi) is 8.51. The number of nitrogens with two attached hydrogens (primary N) is 1. The highest BCUT2D eigenvalue weighted by Gasteiger charge is 2.46. The lowest BCUT2D eigenvalue weighted by Gasteiger charge is -2.33. The van der Waals surface area contributed by atoms with E-state index in [9.17, 15) is 15.8 Å².